The Morgan fingerprint density at radius 3 is 2.96 bits per heavy atom. The largest absolute Gasteiger partial charge is 0.481 e. The van der Waals surface area contributed by atoms with Crippen molar-refractivity contribution in [1.82, 2.24) is 15.2 Å². The quantitative estimate of drug-likeness (QED) is 0.870. The first-order chi connectivity index (χ1) is 13.1. The fourth-order valence-electron chi connectivity index (χ4n) is 3.41. The summed E-state index contributed by atoms with van der Waals surface area (Å²) >= 11 is 0. The molecule has 1 aromatic carbocycles. The molecule has 1 aliphatic heterocycles. The minimum absolute atomic E-state index is 0.0121. The number of benzene rings is 1. The van der Waals surface area contributed by atoms with Crippen molar-refractivity contribution in [3.05, 3.63) is 59.3 Å². The molecule has 1 aromatic heterocycles. The summed E-state index contributed by atoms with van der Waals surface area (Å²) in [5.41, 5.74) is 1.66. The van der Waals surface area contributed by atoms with Crippen LogP contribution in [0.2, 0.25) is 0 Å². The van der Waals surface area contributed by atoms with E-state index in [0.717, 1.165) is 30.0 Å². The summed E-state index contributed by atoms with van der Waals surface area (Å²) in [5, 5.41) is 2.91. The molecule has 0 radical (unpaired) electrons. The minimum atomic E-state index is -0.852. The van der Waals surface area contributed by atoms with E-state index in [0.29, 0.717) is 31.9 Å². The number of amides is 2. The predicted octanol–water partition coefficient (Wildman–Crippen LogP) is 3.50. The molecule has 1 saturated heterocycles. The Morgan fingerprint density at radius 2 is 2.19 bits per heavy atom. The van der Waals surface area contributed by atoms with E-state index in [2.05, 4.69) is 10.3 Å². The van der Waals surface area contributed by atoms with Gasteiger partial charge in [-0.3, -0.25) is 0 Å². The third-order valence-corrected chi connectivity index (χ3v) is 4.84. The second kappa shape index (κ2) is 8.79. The summed E-state index contributed by atoms with van der Waals surface area (Å²) in [4.78, 5) is 18.3. The van der Waals surface area contributed by atoms with Crippen LogP contribution in [0.1, 0.15) is 29.9 Å². The topological polar surface area (TPSA) is 54.5 Å². The normalized spacial score (nSPS) is 16.9. The lowest BCUT2D eigenvalue weighted by atomic mass is 9.90. The number of nitrogens with zero attached hydrogens (tertiary/aromatic N) is 2. The number of hydrogen-bond donors (Lipinski definition) is 1. The van der Waals surface area contributed by atoms with Gasteiger partial charge in [0, 0.05) is 37.3 Å². The molecule has 2 amide bonds. The average molecular weight is 375 g/mol. The molecule has 27 heavy (non-hydrogen) atoms. The van der Waals surface area contributed by atoms with Crippen molar-refractivity contribution in [2.75, 3.05) is 26.7 Å². The number of urea groups is 1. The number of carbonyl (C=O) groups excluding carboxylic acids is 1. The summed E-state index contributed by atoms with van der Waals surface area (Å²) in [6, 6.07) is 7.57. The van der Waals surface area contributed by atoms with Crippen molar-refractivity contribution in [1.29, 1.82) is 0 Å². The molecule has 144 valence electrons. The van der Waals surface area contributed by atoms with E-state index < -0.39 is 11.6 Å². The predicted molar refractivity (Wildman–Crippen MR) is 97.8 cm³/mol. The lowest BCUT2D eigenvalue weighted by Gasteiger charge is -2.33. The monoisotopic (exact) mass is 375 g/mol. The van der Waals surface area contributed by atoms with Crippen molar-refractivity contribution >= 4 is 6.03 Å². The maximum Gasteiger partial charge on any atom is 0.317 e. The lowest BCUT2D eigenvalue weighted by Crippen LogP contribution is -2.45. The van der Waals surface area contributed by atoms with Crippen molar-refractivity contribution < 1.29 is 18.3 Å². The van der Waals surface area contributed by atoms with E-state index in [4.69, 9.17) is 4.74 Å². The molecule has 1 N–H and O–H groups in total. The van der Waals surface area contributed by atoms with Crippen LogP contribution in [0.25, 0.3) is 0 Å². The zero-order valence-electron chi connectivity index (χ0n) is 15.3. The van der Waals surface area contributed by atoms with Crippen LogP contribution in [0.3, 0.4) is 0 Å². The molecule has 2 heterocycles. The van der Waals surface area contributed by atoms with E-state index in [1.54, 1.807) is 24.3 Å². The number of halogens is 2. The highest BCUT2D eigenvalue weighted by atomic mass is 19.2. The number of rotatable bonds is 5. The Kier molecular flexibility index (Phi) is 6.21. The number of hydrogen-bond acceptors (Lipinski definition) is 3. The van der Waals surface area contributed by atoms with Crippen LogP contribution < -0.4 is 10.1 Å². The highest BCUT2D eigenvalue weighted by Gasteiger charge is 2.25. The smallest absolute Gasteiger partial charge is 0.317 e. The van der Waals surface area contributed by atoms with Crippen LogP contribution in [0, 0.1) is 11.6 Å². The first-order valence-corrected chi connectivity index (χ1v) is 9.04. The Balaban J connectivity index is 1.54. The molecule has 1 aliphatic rings. The second-order valence-corrected chi connectivity index (χ2v) is 6.61. The van der Waals surface area contributed by atoms with Gasteiger partial charge in [-0.25, -0.2) is 18.6 Å². The number of pyridine rings is 1. The van der Waals surface area contributed by atoms with Crippen LogP contribution >= 0.6 is 0 Å². The van der Waals surface area contributed by atoms with Gasteiger partial charge >= 0.3 is 6.03 Å². The maximum absolute atomic E-state index is 13.5. The van der Waals surface area contributed by atoms with Gasteiger partial charge in [0.2, 0.25) is 5.88 Å². The third-order valence-electron chi connectivity index (χ3n) is 4.84. The van der Waals surface area contributed by atoms with Gasteiger partial charge in [0.05, 0.1) is 7.11 Å². The fourth-order valence-corrected chi connectivity index (χ4v) is 3.41. The number of methoxy groups -OCH3 is 1. The summed E-state index contributed by atoms with van der Waals surface area (Å²) < 4.78 is 31.8. The highest BCUT2D eigenvalue weighted by molar-refractivity contribution is 5.74. The zero-order chi connectivity index (χ0) is 19.2. The summed E-state index contributed by atoms with van der Waals surface area (Å²) in [6.45, 7) is 1.61. The van der Waals surface area contributed by atoms with Gasteiger partial charge in [-0.05, 0) is 43.0 Å². The third kappa shape index (κ3) is 4.72. The Labute approximate surface area is 157 Å². The van der Waals surface area contributed by atoms with Crippen molar-refractivity contribution in [2.24, 2.45) is 0 Å². The van der Waals surface area contributed by atoms with Crippen LogP contribution in [0.15, 0.2) is 36.5 Å². The first kappa shape index (κ1) is 19.1. The van der Waals surface area contributed by atoms with Crippen LogP contribution in [0.5, 0.6) is 5.88 Å². The standard InChI is InChI=1S/C20H23F2N3O2/c1-27-19-14(4-2-9-23-19)8-10-24-20(26)25-11-3-5-16(13-25)15-6-7-17(21)18(22)12-15/h2,4,6-7,9,12,16H,3,5,8,10-11,13H2,1H3,(H,24,26). The number of carbonyl (C=O) groups is 1. The first-order valence-electron chi connectivity index (χ1n) is 9.04. The molecule has 0 bridgehead atoms. The molecular weight excluding hydrogens is 352 g/mol. The molecule has 1 unspecified atom stereocenters. The summed E-state index contributed by atoms with van der Waals surface area (Å²) in [6.07, 6.45) is 3.95. The van der Waals surface area contributed by atoms with Crippen molar-refractivity contribution in [3.8, 4) is 5.88 Å². The van der Waals surface area contributed by atoms with Crippen molar-refractivity contribution in [3.63, 3.8) is 0 Å². The fraction of sp³-hybridized carbons (Fsp3) is 0.400. The van der Waals surface area contributed by atoms with E-state index in [9.17, 15) is 13.6 Å². The summed E-state index contributed by atoms with van der Waals surface area (Å²) in [7, 11) is 1.57. The zero-order valence-corrected chi connectivity index (χ0v) is 15.3. The molecule has 1 fully saturated rings. The Hall–Kier alpha value is -2.70. The second-order valence-electron chi connectivity index (χ2n) is 6.61. The van der Waals surface area contributed by atoms with E-state index in [1.165, 1.54) is 6.07 Å². The van der Waals surface area contributed by atoms with Gasteiger partial charge in [0.1, 0.15) is 0 Å². The van der Waals surface area contributed by atoms with E-state index in [-0.39, 0.29) is 11.9 Å². The highest BCUT2D eigenvalue weighted by Crippen LogP contribution is 2.28. The van der Waals surface area contributed by atoms with Crippen LogP contribution in [0.4, 0.5) is 13.6 Å². The number of aromatic nitrogens is 1. The summed E-state index contributed by atoms with van der Waals surface area (Å²) in [5.74, 6) is -1.13. The molecular formula is C20H23F2N3O2. The van der Waals surface area contributed by atoms with Crippen molar-refractivity contribution in [2.45, 2.75) is 25.2 Å². The molecule has 7 heteroatoms. The van der Waals surface area contributed by atoms with Gasteiger partial charge in [-0.1, -0.05) is 12.1 Å². The van der Waals surface area contributed by atoms with Gasteiger partial charge in [-0.2, -0.15) is 0 Å². The number of nitrogens with one attached hydrogen (secondary N) is 1. The van der Waals surface area contributed by atoms with Gasteiger partial charge in [-0.15, -0.1) is 0 Å². The molecule has 5 nitrogen and oxygen atoms in total. The lowest BCUT2D eigenvalue weighted by molar-refractivity contribution is 0.179. The van der Waals surface area contributed by atoms with E-state index >= 15 is 0 Å². The van der Waals surface area contributed by atoms with Gasteiger partial charge < -0.3 is 15.0 Å². The molecule has 1 atom stereocenters. The number of piperidine rings is 1. The molecule has 2 aromatic rings. The Morgan fingerprint density at radius 1 is 1.33 bits per heavy atom. The number of ether oxygens (including phenoxy) is 1. The van der Waals surface area contributed by atoms with Gasteiger partial charge in [0.25, 0.3) is 0 Å². The minimum Gasteiger partial charge on any atom is -0.481 e. The number of likely N-dealkylation sites (tertiary alicyclic amines) is 1. The molecule has 0 saturated carbocycles. The Bertz CT molecular complexity index is 801. The molecule has 0 spiro atoms. The molecule has 3 rings (SSSR count). The van der Waals surface area contributed by atoms with Gasteiger partial charge in [0.15, 0.2) is 11.6 Å². The average Bonchev–Trinajstić information content (AvgIpc) is 2.70. The van der Waals surface area contributed by atoms with Crippen LogP contribution in [-0.4, -0.2) is 42.7 Å². The maximum atomic E-state index is 13.5. The SMILES string of the molecule is COc1ncccc1CCNC(=O)N1CCCC(c2ccc(F)c(F)c2)C1. The van der Waals surface area contributed by atoms with E-state index in [1.807, 2.05) is 12.1 Å². The molecule has 0 aliphatic carbocycles. The van der Waals surface area contributed by atoms with Crippen LogP contribution in [-0.2, 0) is 6.42 Å².